The highest BCUT2D eigenvalue weighted by Crippen LogP contribution is 2.35. The van der Waals surface area contributed by atoms with Crippen LogP contribution in [0.4, 0.5) is 22.0 Å². The highest BCUT2D eigenvalue weighted by atomic mass is 19.3. The molecular weight excluding hydrogens is 339 g/mol. The second kappa shape index (κ2) is 7.42. The highest BCUT2D eigenvalue weighted by molar-refractivity contribution is 5.65. The van der Waals surface area contributed by atoms with Crippen molar-refractivity contribution in [2.75, 3.05) is 0 Å². The number of hydrogen-bond donors (Lipinski definition) is 0. The van der Waals surface area contributed by atoms with Gasteiger partial charge < -0.3 is 4.74 Å². The van der Waals surface area contributed by atoms with E-state index in [4.69, 9.17) is 0 Å². The fourth-order valence-corrected chi connectivity index (χ4v) is 3.26. The molecule has 0 aromatic heterocycles. The largest absolute Gasteiger partial charge is 0.429 e. The minimum absolute atomic E-state index is 0.232. The molecule has 1 fully saturated rings. The lowest BCUT2D eigenvalue weighted by Gasteiger charge is -2.24. The average molecular weight is 356 g/mol. The molecule has 0 spiro atoms. The summed E-state index contributed by atoms with van der Waals surface area (Å²) in [4.78, 5) is 0. The van der Waals surface area contributed by atoms with Crippen LogP contribution in [0, 0.1) is 11.6 Å². The van der Waals surface area contributed by atoms with Crippen molar-refractivity contribution in [3.63, 3.8) is 0 Å². The van der Waals surface area contributed by atoms with E-state index in [2.05, 4.69) is 4.74 Å². The molecule has 0 N–H and O–H groups in total. The van der Waals surface area contributed by atoms with Gasteiger partial charge in [-0.05, 0) is 60.4 Å². The lowest BCUT2D eigenvalue weighted by atomic mass is 9.83. The van der Waals surface area contributed by atoms with Gasteiger partial charge in [0, 0.05) is 0 Å². The zero-order valence-electron chi connectivity index (χ0n) is 13.3. The Kier molecular flexibility index (Phi) is 5.25. The number of halogens is 5. The van der Waals surface area contributed by atoms with Crippen molar-refractivity contribution in [3.05, 3.63) is 53.6 Å². The summed E-state index contributed by atoms with van der Waals surface area (Å²) in [6, 6.07) is 9.08. The minimum atomic E-state index is -3.30. The number of benzene rings is 2. The van der Waals surface area contributed by atoms with Gasteiger partial charge in [0.25, 0.3) is 0 Å². The number of rotatable bonds is 4. The third-order valence-electron chi connectivity index (χ3n) is 4.58. The summed E-state index contributed by atoms with van der Waals surface area (Å²) in [6.07, 6.45) is 1.94. The lowest BCUT2D eigenvalue weighted by Crippen LogP contribution is -2.13. The van der Waals surface area contributed by atoms with Crippen LogP contribution in [0.2, 0.25) is 0 Å². The fraction of sp³-hybridized carbons (Fsp3) is 0.368. The Morgan fingerprint density at radius 2 is 1.40 bits per heavy atom. The second-order valence-corrected chi connectivity index (χ2v) is 6.22. The Labute approximate surface area is 142 Å². The average Bonchev–Trinajstić information content (AvgIpc) is 2.59. The van der Waals surface area contributed by atoms with Crippen LogP contribution in [-0.4, -0.2) is 12.8 Å². The maximum Gasteiger partial charge on any atom is 0.387 e. The first-order valence-electron chi connectivity index (χ1n) is 8.12. The summed E-state index contributed by atoms with van der Waals surface area (Å²) >= 11 is 0. The van der Waals surface area contributed by atoms with Crippen molar-refractivity contribution >= 4 is 0 Å². The van der Waals surface area contributed by atoms with E-state index in [1.54, 1.807) is 12.1 Å². The van der Waals surface area contributed by atoms with E-state index in [-0.39, 0.29) is 11.5 Å². The molecule has 0 atom stereocenters. The Morgan fingerprint density at radius 1 is 0.840 bits per heavy atom. The van der Waals surface area contributed by atoms with E-state index in [0.29, 0.717) is 18.4 Å². The van der Waals surface area contributed by atoms with Crippen molar-refractivity contribution in [1.29, 1.82) is 0 Å². The maximum absolute atomic E-state index is 13.8. The third-order valence-corrected chi connectivity index (χ3v) is 4.58. The third kappa shape index (κ3) is 4.11. The first-order chi connectivity index (χ1) is 11.9. The van der Waals surface area contributed by atoms with Gasteiger partial charge in [-0.1, -0.05) is 24.3 Å². The molecule has 0 saturated heterocycles. The molecule has 0 unspecified atom stereocenters. The van der Waals surface area contributed by atoms with Crippen LogP contribution in [0.15, 0.2) is 36.4 Å². The molecular formula is C19H17F5O. The Morgan fingerprint density at radius 3 is 1.92 bits per heavy atom. The predicted molar refractivity (Wildman–Crippen MR) is 84.5 cm³/mol. The van der Waals surface area contributed by atoms with Gasteiger partial charge in [0.1, 0.15) is 6.17 Å². The molecule has 0 bridgehead atoms. The summed E-state index contributed by atoms with van der Waals surface area (Å²) in [5, 5.41) is 0. The molecule has 1 aliphatic carbocycles. The van der Waals surface area contributed by atoms with E-state index in [1.165, 1.54) is 0 Å². The Balaban J connectivity index is 1.80. The lowest BCUT2D eigenvalue weighted by molar-refractivity contribution is -0.0546. The van der Waals surface area contributed by atoms with Crippen LogP contribution in [0.25, 0.3) is 11.1 Å². The van der Waals surface area contributed by atoms with Crippen LogP contribution < -0.4 is 4.74 Å². The SMILES string of the molecule is Fc1cc(-c2ccc(C3CCC(F)CC3)cc2)cc(F)c1OC(F)F. The number of ether oxygens (including phenoxy) is 1. The smallest absolute Gasteiger partial charge is 0.387 e. The maximum atomic E-state index is 13.8. The van der Waals surface area contributed by atoms with Gasteiger partial charge >= 0.3 is 6.61 Å². The first-order valence-corrected chi connectivity index (χ1v) is 8.12. The van der Waals surface area contributed by atoms with Gasteiger partial charge in [-0.15, -0.1) is 0 Å². The van der Waals surface area contributed by atoms with Gasteiger partial charge in [-0.25, -0.2) is 13.2 Å². The van der Waals surface area contributed by atoms with Gasteiger partial charge in [-0.3, -0.25) is 0 Å². The molecule has 25 heavy (non-hydrogen) atoms. The quantitative estimate of drug-likeness (QED) is 0.590. The minimum Gasteiger partial charge on any atom is -0.429 e. The molecule has 0 radical (unpaired) electrons. The molecule has 0 amide bonds. The monoisotopic (exact) mass is 356 g/mol. The Hall–Kier alpha value is -2.11. The van der Waals surface area contributed by atoms with E-state index in [1.807, 2.05) is 12.1 Å². The number of hydrogen-bond acceptors (Lipinski definition) is 1. The zero-order chi connectivity index (χ0) is 18.0. The molecule has 1 saturated carbocycles. The summed E-state index contributed by atoms with van der Waals surface area (Å²) in [5.41, 5.74) is 1.86. The highest BCUT2D eigenvalue weighted by Gasteiger charge is 2.22. The summed E-state index contributed by atoms with van der Waals surface area (Å²) in [5.74, 6) is -3.16. The van der Waals surface area contributed by atoms with Gasteiger partial charge in [-0.2, -0.15) is 8.78 Å². The molecule has 134 valence electrons. The van der Waals surface area contributed by atoms with Crippen LogP contribution in [-0.2, 0) is 0 Å². The molecule has 3 rings (SSSR count). The van der Waals surface area contributed by atoms with Crippen molar-refractivity contribution < 1.29 is 26.7 Å². The molecule has 6 heteroatoms. The summed E-state index contributed by atoms with van der Waals surface area (Å²) in [7, 11) is 0. The van der Waals surface area contributed by atoms with Crippen LogP contribution in [0.5, 0.6) is 5.75 Å². The van der Waals surface area contributed by atoms with E-state index in [0.717, 1.165) is 30.5 Å². The Bertz CT molecular complexity index is 698. The van der Waals surface area contributed by atoms with Gasteiger partial charge in [0.2, 0.25) is 0 Å². The molecule has 0 heterocycles. The summed E-state index contributed by atoms with van der Waals surface area (Å²) in [6.45, 7) is -3.30. The van der Waals surface area contributed by atoms with E-state index in [9.17, 15) is 22.0 Å². The molecule has 1 nitrogen and oxygen atoms in total. The van der Waals surface area contributed by atoms with Crippen LogP contribution in [0.3, 0.4) is 0 Å². The van der Waals surface area contributed by atoms with Gasteiger partial charge in [0.15, 0.2) is 17.4 Å². The van der Waals surface area contributed by atoms with E-state index < -0.39 is 30.2 Å². The van der Waals surface area contributed by atoms with Crippen LogP contribution in [0.1, 0.15) is 37.2 Å². The van der Waals surface area contributed by atoms with Crippen molar-refractivity contribution in [3.8, 4) is 16.9 Å². The normalized spacial score (nSPS) is 20.7. The summed E-state index contributed by atoms with van der Waals surface area (Å²) < 4.78 is 69.1. The fourth-order valence-electron chi connectivity index (χ4n) is 3.26. The predicted octanol–water partition coefficient (Wildman–Crippen LogP) is 6.23. The number of alkyl halides is 3. The molecule has 2 aromatic carbocycles. The zero-order valence-corrected chi connectivity index (χ0v) is 13.3. The molecule has 1 aliphatic rings. The van der Waals surface area contributed by atoms with Crippen molar-refractivity contribution in [2.24, 2.45) is 0 Å². The molecule has 2 aromatic rings. The second-order valence-electron chi connectivity index (χ2n) is 6.22. The van der Waals surface area contributed by atoms with Crippen LogP contribution >= 0.6 is 0 Å². The topological polar surface area (TPSA) is 9.23 Å². The van der Waals surface area contributed by atoms with Crippen molar-refractivity contribution in [1.82, 2.24) is 0 Å². The van der Waals surface area contributed by atoms with E-state index >= 15 is 0 Å². The first kappa shape index (κ1) is 17.7. The van der Waals surface area contributed by atoms with Gasteiger partial charge in [0.05, 0.1) is 0 Å². The molecule has 0 aliphatic heterocycles. The van der Waals surface area contributed by atoms with Crippen molar-refractivity contribution in [2.45, 2.75) is 44.4 Å². The standard InChI is InChI=1S/C19H17F5O/c20-15-7-5-12(6-8-15)11-1-3-13(4-2-11)14-9-16(21)18(17(22)10-14)25-19(23)24/h1-4,9-10,12,15,19H,5-8H2.